The number of nitrogens with two attached hydrogens (primary N) is 1. The third kappa shape index (κ3) is 3.42. The van der Waals surface area contributed by atoms with E-state index in [-0.39, 0.29) is 36.6 Å². The highest BCUT2D eigenvalue weighted by Crippen LogP contribution is 2.17. The molecule has 8 nitrogen and oxygen atoms in total. The zero-order valence-corrected chi connectivity index (χ0v) is 11.1. The minimum absolute atomic E-state index is 0. The van der Waals surface area contributed by atoms with Crippen molar-refractivity contribution in [3.05, 3.63) is 22.5 Å². The summed E-state index contributed by atoms with van der Waals surface area (Å²) < 4.78 is 1.28. The minimum Gasteiger partial charge on any atom is -0.337 e. The van der Waals surface area contributed by atoms with Crippen molar-refractivity contribution in [2.24, 2.45) is 5.73 Å². The fourth-order valence-corrected chi connectivity index (χ4v) is 2.17. The summed E-state index contributed by atoms with van der Waals surface area (Å²) >= 11 is 0. The first-order valence-electron chi connectivity index (χ1n) is 5.78. The molecule has 1 aliphatic rings. The molecule has 9 heteroatoms. The van der Waals surface area contributed by atoms with E-state index in [1.54, 1.807) is 4.90 Å². The van der Waals surface area contributed by atoms with Crippen molar-refractivity contribution in [1.29, 1.82) is 0 Å². The van der Waals surface area contributed by atoms with Crippen molar-refractivity contribution < 1.29 is 9.72 Å². The molecule has 2 heterocycles. The predicted molar refractivity (Wildman–Crippen MR) is 69.9 cm³/mol. The SMILES string of the molecule is Cl.NCC1CCCN1C(=O)Cn1cc([N+](=O)[O-])cn1. The Kier molecular flexibility index (Phi) is 5.25. The van der Waals surface area contributed by atoms with Gasteiger partial charge in [0.05, 0.1) is 4.92 Å². The van der Waals surface area contributed by atoms with Crippen LogP contribution in [-0.4, -0.2) is 44.6 Å². The summed E-state index contributed by atoms with van der Waals surface area (Å²) in [5.74, 6) is -0.0963. The van der Waals surface area contributed by atoms with Crippen molar-refractivity contribution in [2.45, 2.75) is 25.4 Å². The Bertz CT molecular complexity index is 464. The maximum absolute atomic E-state index is 12.0. The summed E-state index contributed by atoms with van der Waals surface area (Å²) in [7, 11) is 0. The Balaban J connectivity index is 0.00000180. The molecule has 2 rings (SSSR count). The molecule has 1 amide bonds. The Hall–Kier alpha value is -1.67. The molecule has 1 unspecified atom stereocenters. The number of hydrogen-bond acceptors (Lipinski definition) is 5. The van der Waals surface area contributed by atoms with Crippen LogP contribution in [0.4, 0.5) is 5.69 Å². The normalized spacial score (nSPS) is 18.2. The van der Waals surface area contributed by atoms with Gasteiger partial charge in [0, 0.05) is 19.1 Å². The van der Waals surface area contributed by atoms with Crippen LogP contribution in [0.25, 0.3) is 0 Å². The molecule has 1 aliphatic heterocycles. The molecular weight excluding hydrogens is 274 g/mol. The number of aromatic nitrogens is 2. The van der Waals surface area contributed by atoms with E-state index in [9.17, 15) is 14.9 Å². The zero-order valence-electron chi connectivity index (χ0n) is 10.3. The summed E-state index contributed by atoms with van der Waals surface area (Å²) in [5, 5.41) is 14.3. The average Bonchev–Trinajstić information content (AvgIpc) is 2.96. The van der Waals surface area contributed by atoms with Crippen LogP contribution in [0.15, 0.2) is 12.4 Å². The van der Waals surface area contributed by atoms with Crippen LogP contribution < -0.4 is 5.73 Å². The molecule has 19 heavy (non-hydrogen) atoms. The van der Waals surface area contributed by atoms with E-state index >= 15 is 0 Å². The van der Waals surface area contributed by atoms with Gasteiger partial charge in [-0.25, -0.2) is 0 Å². The highest BCUT2D eigenvalue weighted by Gasteiger charge is 2.27. The molecule has 1 fully saturated rings. The van der Waals surface area contributed by atoms with Gasteiger partial charge in [-0.15, -0.1) is 12.4 Å². The molecule has 1 saturated heterocycles. The molecular formula is C10H16ClN5O3. The molecule has 2 N–H and O–H groups in total. The number of likely N-dealkylation sites (tertiary alicyclic amines) is 1. The van der Waals surface area contributed by atoms with E-state index < -0.39 is 4.92 Å². The highest BCUT2D eigenvalue weighted by atomic mass is 35.5. The molecule has 106 valence electrons. The van der Waals surface area contributed by atoms with Crippen molar-refractivity contribution >= 4 is 24.0 Å². The summed E-state index contributed by atoms with van der Waals surface area (Å²) in [6.45, 7) is 1.17. The predicted octanol–water partition coefficient (Wildman–Crippen LogP) is 0.163. The fraction of sp³-hybridized carbons (Fsp3) is 0.600. The maximum Gasteiger partial charge on any atom is 0.307 e. The van der Waals surface area contributed by atoms with Gasteiger partial charge in [0.15, 0.2) is 0 Å². The lowest BCUT2D eigenvalue weighted by atomic mass is 10.2. The number of nitrogens with zero attached hydrogens (tertiary/aromatic N) is 4. The zero-order chi connectivity index (χ0) is 13.1. The van der Waals surface area contributed by atoms with E-state index in [4.69, 9.17) is 5.73 Å². The second-order valence-electron chi connectivity index (χ2n) is 4.27. The van der Waals surface area contributed by atoms with Crippen LogP contribution in [-0.2, 0) is 11.3 Å². The molecule has 0 aliphatic carbocycles. The first-order chi connectivity index (χ1) is 8.61. The quantitative estimate of drug-likeness (QED) is 0.627. The van der Waals surface area contributed by atoms with Gasteiger partial charge in [-0.05, 0) is 12.8 Å². The van der Waals surface area contributed by atoms with Crippen LogP contribution in [0.2, 0.25) is 0 Å². The second-order valence-corrected chi connectivity index (χ2v) is 4.27. The van der Waals surface area contributed by atoms with Gasteiger partial charge in [-0.3, -0.25) is 19.6 Å². The molecule has 1 aromatic heterocycles. The topological polar surface area (TPSA) is 107 Å². The lowest BCUT2D eigenvalue weighted by Crippen LogP contribution is -2.41. The van der Waals surface area contributed by atoms with Crippen LogP contribution in [0, 0.1) is 10.1 Å². The molecule has 0 saturated carbocycles. The summed E-state index contributed by atoms with van der Waals surface area (Å²) in [4.78, 5) is 23.7. The van der Waals surface area contributed by atoms with E-state index in [1.807, 2.05) is 0 Å². The maximum atomic E-state index is 12.0. The summed E-state index contributed by atoms with van der Waals surface area (Å²) in [6.07, 6.45) is 4.26. The first-order valence-corrected chi connectivity index (χ1v) is 5.78. The van der Waals surface area contributed by atoms with Gasteiger partial charge in [-0.2, -0.15) is 5.10 Å². The molecule has 0 radical (unpaired) electrons. The van der Waals surface area contributed by atoms with Gasteiger partial charge in [0.2, 0.25) is 5.91 Å². The Labute approximate surface area is 116 Å². The standard InChI is InChI=1S/C10H15N5O3.ClH/c11-4-8-2-1-3-14(8)10(16)7-13-6-9(5-12-13)15(17)18;/h5-6,8H,1-4,7,11H2;1H. The summed E-state index contributed by atoms with van der Waals surface area (Å²) in [6, 6.07) is 0.0862. The number of amides is 1. The lowest BCUT2D eigenvalue weighted by molar-refractivity contribution is -0.385. The van der Waals surface area contributed by atoms with Gasteiger partial charge in [0.25, 0.3) is 0 Å². The van der Waals surface area contributed by atoms with Crippen molar-refractivity contribution in [3.8, 4) is 0 Å². The van der Waals surface area contributed by atoms with Gasteiger partial charge in [-0.1, -0.05) is 0 Å². The van der Waals surface area contributed by atoms with Crippen LogP contribution in [0.3, 0.4) is 0 Å². The van der Waals surface area contributed by atoms with Crippen LogP contribution >= 0.6 is 12.4 Å². The van der Waals surface area contributed by atoms with Crippen LogP contribution in [0.1, 0.15) is 12.8 Å². The minimum atomic E-state index is -0.535. The third-order valence-corrected chi connectivity index (χ3v) is 3.10. The number of carbonyl (C=O) groups excluding carboxylic acids is 1. The van der Waals surface area contributed by atoms with Gasteiger partial charge < -0.3 is 10.6 Å². The molecule has 1 aromatic rings. The molecule has 0 aromatic carbocycles. The van der Waals surface area contributed by atoms with E-state index in [1.165, 1.54) is 10.9 Å². The number of hydrogen-bond donors (Lipinski definition) is 1. The number of nitro groups is 1. The van der Waals surface area contributed by atoms with Crippen molar-refractivity contribution in [3.63, 3.8) is 0 Å². The first kappa shape index (κ1) is 15.4. The van der Waals surface area contributed by atoms with Gasteiger partial charge >= 0.3 is 5.69 Å². The molecule has 0 bridgehead atoms. The Morgan fingerprint density at radius 2 is 2.37 bits per heavy atom. The highest BCUT2D eigenvalue weighted by molar-refractivity contribution is 5.85. The number of rotatable bonds is 4. The van der Waals surface area contributed by atoms with Crippen molar-refractivity contribution in [2.75, 3.05) is 13.1 Å². The Morgan fingerprint density at radius 1 is 1.63 bits per heavy atom. The fourth-order valence-electron chi connectivity index (χ4n) is 2.17. The molecule has 0 spiro atoms. The third-order valence-electron chi connectivity index (χ3n) is 3.10. The number of carbonyl (C=O) groups is 1. The summed E-state index contributed by atoms with van der Waals surface area (Å²) in [5.41, 5.74) is 5.48. The Morgan fingerprint density at radius 3 is 2.95 bits per heavy atom. The number of halogens is 1. The lowest BCUT2D eigenvalue weighted by Gasteiger charge is -2.23. The second kappa shape index (κ2) is 6.48. The monoisotopic (exact) mass is 289 g/mol. The molecule has 1 atom stereocenters. The van der Waals surface area contributed by atoms with E-state index in [2.05, 4.69) is 5.10 Å². The average molecular weight is 290 g/mol. The smallest absolute Gasteiger partial charge is 0.307 e. The van der Waals surface area contributed by atoms with Crippen LogP contribution in [0.5, 0.6) is 0 Å². The van der Waals surface area contributed by atoms with Gasteiger partial charge in [0.1, 0.15) is 18.9 Å². The van der Waals surface area contributed by atoms with Crippen molar-refractivity contribution in [1.82, 2.24) is 14.7 Å². The largest absolute Gasteiger partial charge is 0.337 e. The van der Waals surface area contributed by atoms with E-state index in [0.717, 1.165) is 19.0 Å². The van der Waals surface area contributed by atoms with E-state index in [0.29, 0.717) is 13.1 Å².